The lowest BCUT2D eigenvalue weighted by Crippen LogP contribution is -2.45. The predicted octanol–water partition coefficient (Wildman–Crippen LogP) is 0.901. The summed E-state index contributed by atoms with van der Waals surface area (Å²) < 4.78 is 0. The van der Waals surface area contributed by atoms with Crippen molar-refractivity contribution in [2.24, 2.45) is 11.8 Å². The Bertz CT molecular complexity index is 301. The van der Waals surface area contributed by atoms with Gasteiger partial charge in [-0.25, -0.2) is 4.79 Å². The van der Waals surface area contributed by atoms with Crippen LogP contribution in [0.25, 0.3) is 0 Å². The van der Waals surface area contributed by atoms with Crippen LogP contribution in [-0.2, 0) is 4.79 Å². The number of aliphatic carboxylic acids is 1. The topological polar surface area (TPSA) is 89.9 Å². The number of aliphatic hydroxyl groups is 1. The van der Waals surface area contributed by atoms with Crippen molar-refractivity contribution in [2.75, 3.05) is 26.2 Å². The lowest BCUT2D eigenvalue weighted by molar-refractivity contribution is -0.141. The van der Waals surface area contributed by atoms with E-state index in [1.54, 1.807) is 11.8 Å². The number of piperidine rings is 1. The van der Waals surface area contributed by atoms with Gasteiger partial charge in [-0.3, -0.25) is 4.79 Å². The predicted molar refractivity (Wildman–Crippen MR) is 70.8 cm³/mol. The molecular weight excluding hydrogens is 248 g/mol. The van der Waals surface area contributed by atoms with Crippen LogP contribution in [0.1, 0.15) is 32.6 Å². The first-order chi connectivity index (χ1) is 9.04. The van der Waals surface area contributed by atoms with Crippen LogP contribution in [0.5, 0.6) is 0 Å². The number of likely N-dealkylation sites (tertiary alicyclic amines) is 1. The number of carboxylic acid groups (broad SMARTS) is 1. The lowest BCUT2D eigenvalue weighted by Gasteiger charge is -2.31. The molecule has 0 aromatic rings. The van der Waals surface area contributed by atoms with Crippen molar-refractivity contribution in [1.82, 2.24) is 10.2 Å². The van der Waals surface area contributed by atoms with Gasteiger partial charge in [-0.15, -0.1) is 0 Å². The fourth-order valence-corrected chi connectivity index (χ4v) is 2.16. The van der Waals surface area contributed by atoms with Crippen molar-refractivity contribution in [3.63, 3.8) is 0 Å². The number of hydrogen-bond donors (Lipinski definition) is 3. The first kappa shape index (κ1) is 15.8. The van der Waals surface area contributed by atoms with Crippen LogP contribution in [0, 0.1) is 11.8 Å². The molecule has 0 aromatic carbocycles. The Kier molecular flexibility index (Phi) is 6.62. The summed E-state index contributed by atoms with van der Waals surface area (Å²) in [6.07, 6.45) is 2.94. The van der Waals surface area contributed by atoms with Crippen LogP contribution < -0.4 is 5.32 Å². The normalized spacial score (nSPS) is 18.1. The lowest BCUT2D eigenvalue weighted by atomic mass is 9.98. The van der Waals surface area contributed by atoms with Crippen molar-refractivity contribution in [3.8, 4) is 0 Å². The summed E-state index contributed by atoms with van der Waals surface area (Å²) in [7, 11) is 0. The SMILES string of the molecule is CC(CCCNC(=O)N1CCC(CO)CC1)C(=O)O. The second kappa shape index (κ2) is 7.99. The van der Waals surface area contributed by atoms with Crippen LogP contribution in [0.4, 0.5) is 4.79 Å². The molecule has 0 aliphatic carbocycles. The molecule has 6 nitrogen and oxygen atoms in total. The highest BCUT2D eigenvalue weighted by Crippen LogP contribution is 2.16. The molecule has 6 heteroatoms. The number of carboxylic acids is 1. The number of amides is 2. The highest BCUT2D eigenvalue weighted by molar-refractivity contribution is 5.74. The molecule has 110 valence electrons. The minimum Gasteiger partial charge on any atom is -0.481 e. The summed E-state index contributed by atoms with van der Waals surface area (Å²) in [5.74, 6) is -0.838. The number of nitrogens with one attached hydrogen (secondary N) is 1. The molecule has 1 aliphatic rings. The maximum atomic E-state index is 11.8. The highest BCUT2D eigenvalue weighted by Gasteiger charge is 2.21. The van der Waals surface area contributed by atoms with Gasteiger partial charge >= 0.3 is 12.0 Å². The molecule has 1 fully saturated rings. The van der Waals surface area contributed by atoms with Crippen molar-refractivity contribution >= 4 is 12.0 Å². The molecule has 1 aliphatic heterocycles. The van der Waals surface area contributed by atoms with E-state index >= 15 is 0 Å². The number of carbonyl (C=O) groups is 2. The van der Waals surface area contributed by atoms with Crippen molar-refractivity contribution < 1.29 is 19.8 Å². The summed E-state index contributed by atoms with van der Waals surface area (Å²) in [5, 5.41) is 20.6. The second-order valence-corrected chi connectivity index (χ2v) is 5.23. The Morgan fingerprint density at radius 2 is 2.00 bits per heavy atom. The number of hydrogen-bond acceptors (Lipinski definition) is 3. The molecule has 2 amide bonds. The molecule has 1 saturated heterocycles. The first-order valence-electron chi connectivity index (χ1n) is 6.91. The van der Waals surface area contributed by atoms with E-state index in [-0.39, 0.29) is 18.6 Å². The van der Waals surface area contributed by atoms with Gasteiger partial charge < -0.3 is 20.4 Å². The number of carbonyl (C=O) groups excluding carboxylic acids is 1. The van der Waals surface area contributed by atoms with Gasteiger partial charge in [0.1, 0.15) is 0 Å². The quantitative estimate of drug-likeness (QED) is 0.627. The zero-order valence-electron chi connectivity index (χ0n) is 11.5. The van der Waals surface area contributed by atoms with Crippen molar-refractivity contribution in [1.29, 1.82) is 0 Å². The largest absolute Gasteiger partial charge is 0.481 e. The monoisotopic (exact) mass is 272 g/mol. The van der Waals surface area contributed by atoms with Crippen molar-refractivity contribution in [2.45, 2.75) is 32.6 Å². The average Bonchev–Trinajstić information content (AvgIpc) is 2.43. The van der Waals surface area contributed by atoms with E-state index in [2.05, 4.69) is 5.32 Å². The maximum absolute atomic E-state index is 11.8. The van der Waals surface area contributed by atoms with Gasteiger partial charge in [-0.1, -0.05) is 6.92 Å². The molecule has 1 atom stereocenters. The number of nitrogens with zero attached hydrogens (tertiary/aromatic N) is 1. The zero-order chi connectivity index (χ0) is 14.3. The zero-order valence-corrected chi connectivity index (χ0v) is 11.5. The molecule has 3 N–H and O–H groups in total. The molecule has 1 unspecified atom stereocenters. The van der Waals surface area contributed by atoms with E-state index in [9.17, 15) is 9.59 Å². The minimum atomic E-state index is -0.794. The van der Waals surface area contributed by atoms with Crippen LogP contribution in [-0.4, -0.2) is 53.4 Å². The van der Waals surface area contributed by atoms with Crippen LogP contribution in [0.3, 0.4) is 0 Å². The Balaban J connectivity index is 2.13. The summed E-state index contributed by atoms with van der Waals surface area (Å²) in [6.45, 7) is 3.74. The minimum absolute atomic E-state index is 0.0839. The van der Waals surface area contributed by atoms with Gasteiger partial charge in [-0.2, -0.15) is 0 Å². The fourth-order valence-electron chi connectivity index (χ4n) is 2.16. The van der Waals surface area contributed by atoms with Gasteiger partial charge in [0.05, 0.1) is 5.92 Å². The molecule has 0 radical (unpaired) electrons. The van der Waals surface area contributed by atoms with E-state index in [4.69, 9.17) is 10.2 Å². The van der Waals surface area contributed by atoms with E-state index in [0.29, 0.717) is 38.4 Å². The molecule has 0 aromatic heterocycles. The Morgan fingerprint density at radius 3 is 2.53 bits per heavy atom. The smallest absolute Gasteiger partial charge is 0.317 e. The number of urea groups is 1. The van der Waals surface area contributed by atoms with Gasteiger partial charge in [0.2, 0.25) is 0 Å². The molecule has 1 rings (SSSR count). The summed E-state index contributed by atoms with van der Waals surface area (Å²) >= 11 is 0. The third kappa shape index (κ3) is 5.46. The summed E-state index contributed by atoms with van der Waals surface area (Å²) in [4.78, 5) is 24.2. The highest BCUT2D eigenvalue weighted by atomic mass is 16.4. The average molecular weight is 272 g/mol. The van der Waals surface area contributed by atoms with Gasteiger partial charge in [0.25, 0.3) is 0 Å². The van der Waals surface area contributed by atoms with Crippen LogP contribution in [0.15, 0.2) is 0 Å². The van der Waals surface area contributed by atoms with Crippen LogP contribution >= 0.6 is 0 Å². The number of rotatable bonds is 6. The molecule has 1 heterocycles. The maximum Gasteiger partial charge on any atom is 0.317 e. The summed E-state index contributed by atoms with van der Waals surface area (Å²) in [6, 6.07) is -0.0839. The number of aliphatic hydroxyl groups excluding tert-OH is 1. The first-order valence-corrected chi connectivity index (χ1v) is 6.91. The van der Waals surface area contributed by atoms with E-state index < -0.39 is 5.97 Å². The van der Waals surface area contributed by atoms with Gasteiger partial charge in [-0.05, 0) is 31.6 Å². The molecule has 0 saturated carbocycles. The fraction of sp³-hybridized carbons (Fsp3) is 0.846. The van der Waals surface area contributed by atoms with Crippen LogP contribution in [0.2, 0.25) is 0 Å². The molecular formula is C13H24N2O4. The Labute approximate surface area is 113 Å². The third-order valence-electron chi connectivity index (χ3n) is 3.67. The standard InChI is InChI=1S/C13H24N2O4/c1-10(12(17)18)3-2-6-14-13(19)15-7-4-11(9-16)5-8-15/h10-11,16H,2-9H2,1H3,(H,14,19)(H,17,18). The molecule has 19 heavy (non-hydrogen) atoms. The molecule has 0 bridgehead atoms. The third-order valence-corrected chi connectivity index (χ3v) is 3.67. The summed E-state index contributed by atoms with van der Waals surface area (Å²) in [5.41, 5.74) is 0. The van der Waals surface area contributed by atoms with Gasteiger partial charge in [0, 0.05) is 26.2 Å². The van der Waals surface area contributed by atoms with Gasteiger partial charge in [0.15, 0.2) is 0 Å². The Hall–Kier alpha value is -1.30. The van der Waals surface area contributed by atoms with Crippen molar-refractivity contribution in [3.05, 3.63) is 0 Å². The molecule has 0 spiro atoms. The second-order valence-electron chi connectivity index (χ2n) is 5.23. The van der Waals surface area contributed by atoms with E-state index in [0.717, 1.165) is 12.8 Å². The van der Waals surface area contributed by atoms with E-state index in [1.165, 1.54) is 0 Å². The van der Waals surface area contributed by atoms with E-state index in [1.807, 2.05) is 0 Å². The Morgan fingerprint density at radius 1 is 1.37 bits per heavy atom.